The van der Waals surface area contributed by atoms with Gasteiger partial charge in [-0.15, -0.1) is 0 Å². The summed E-state index contributed by atoms with van der Waals surface area (Å²) in [5.74, 6) is 0. The molecule has 0 heterocycles. The summed E-state index contributed by atoms with van der Waals surface area (Å²) in [6.07, 6.45) is 1.26. The van der Waals surface area contributed by atoms with Crippen LogP contribution >= 0.6 is 0 Å². The lowest BCUT2D eigenvalue weighted by Crippen LogP contribution is -2.32. The van der Waals surface area contributed by atoms with Gasteiger partial charge in [-0.05, 0) is 25.7 Å². The van der Waals surface area contributed by atoms with Gasteiger partial charge in [0.2, 0.25) is 0 Å². The highest BCUT2D eigenvalue weighted by atomic mass is 16.5. The van der Waals surface area contributed by atoms with Crippen LogP contribution in [0, 0.1) is 5.41 Å². The van der Waals surface area contributed by atoms with Crippen molar-refractivity contribution in [3.63, 3.8) is 0 Å². The Hall–Kier alpha value is -0.0800. The Labute approximate surface area is 76.5 Å². The molecule has 0 radical (unpaired) electrons. The Kier molecular flexibility index (Phi) is 4.80. The molecule has 2 heteroatoms. The van der Waals surface area contributed by atoms with Crippen molar-refractivity contribution < 1.29 is 4.74 Å². The first-order valence-corrected chi connectivity index (χ1v) is 4.70. The maximum atomic E-state index is 5.66. The summed E-state index contributed by atoms with van der Waals surface area (Å²) in [7, 11) is 0. The summed E-state index contributed by atoms with van der Waals surface area (Å²) in [4.78, 5) is 0. The zero-order valence-electron chi connectivity index (χ0n) is 9.05. The molecular weight excluding hydrogens is 150 g/mol. The van der Waals surface area contributed by atoms with Crippen LogP contribution in [-0.2, 0) is 4.74 Å². The van der Waals surface area contributed by atoms with E-state index in [1.807, 2.05) is 13.8 Å². The summed E-state index contributed by atoms with van der Waals surface area (Å²) in [6.45, 7) is 11.5. The maximum Gasteiger partial charge on any atom is 0.0695 e. The van der Waals surface area contributed by atoms with Gasteiger partial charge >= 0.3 is 0 Å². The van der Waals surface area contributed by atoms with Crippen molar-refractivity contribution >= 4 is 0 Å². The number of ether oxygens (including phenoxy) is 1. The highest BCUT2D eigenvalue weighted by Crippen LogP contribution is 2.18. The van der Waals surface area contributed by atoms with Crippen molar-refractivity contribution in [1.29, 1.82) is 0 Å². The molecule has 0 aliphatic heterocycles. The lowest BCUT2D eigenvalue weighted by Gasteiger charge is -2.21. The van der Waals surface area contributed by atoms with E-state index in [0.717, 1.165) is 13.0 Å². The van der Waals surface area contributed by atoms with Crippen molar-refractivity contribution in [2.45, 2.75) is 53.2 Å². The second kappa shape index (κ2) is 4.83. The summed E-state index contributed by atoms with van der Waals surface area (Å²) < 4.78 is 5.55. The van der Waals surface area contributed by atoms with Gasteiger partial charge in [0.05, 0.1) is 6.10 Å². The van der Waals surface area contributed by atoms with E-state index in [0.29, 0.717) is 5.41 Å². The zero-order valence-corrected chi connectivity index (χ0v) is 9.05. The van der Waals surface area contributed by atoms with Crippen molar-refractivity contribution in [1.82, 2.24) is 0 Å². The number of rotatable bonds is 4. The summed E-state index contributed by atoms with van der Waals surface area (Å²) in [5, 5.41) is 0. The lowest BCUT2D eigenvalue weighted by molar-refractivity contribution is 0.0370. The fraction of sp³-hybridized carbons (Fsp3) is 1.00. The Morgan fingerprint density at radius 1 is 1.25 bits per heavy atom. The standard InChI is InChI=1S/C10H23NO/c1-8(11)9(2)12-7-6-10(3,4)5/h8-9H,6-7,11H2,1-5H3/t8-,9?/m1/s1. The monoisotopic (exact) mass is 173 g/mol. The van der Waals surface area contributed by atoms with Gasteiger partial charge in [0.15, 0.2) is 0 Å². The Morgan fingerprint density at radius 3 is 2.08 bits per heavy atom. The fourth-order valence-electron chi connectivity index (χ4n) is 0.703. The van der Waals surface area contributed by atoms with Crippen LogP contribution in [0.15, 0.2) is 0 Å². The minimum atomic E-state index is 0.130. The number of nitrogens with two attached hydrogens (primary N) is 1. The molecule has 0 aromatic carbocycles. The highest BCUT2D eigenvalue weighted by Gasteiger charge is 2.12. The molecule has 2 atom stereocenters. The van der Waals surface area contributed by atoms with E-state index in [-0.39, 0.29) is 12.1 Å². The molecule has 0 fully saturated rings. The van der Waals surface area contributed by atoms with Crippen LogP contribution in [0.4, 0.5) is 0 Å². The molecular formula is C10H23NO. The number of hydrogen-bond donors (Lipinski definition) is 1. The predicted molar refractivity (Wildman–Crippen MR) is 53.1 cm³/mol. The van der Waals surface area contributed by atoms with Crippen molar-refractivity contribution in [2.75, 3.05) is 6.61 Å². The van der Waals surface area contributed by atoms with E-state index in [4.69, 9.17) is 10.5 Å². The third-order valence-corrected chi connectivity index (χ3v) is 1.97. The first kappa shape index (κ1) is 11.9. The van der Waals surface area contributed by atoms with Crippen LogP contribution in [-0.4, -0.2) is 18.8 Å². The van der Waals surface area contributed by atoms with Crippen LogP contribution in [0.3, 0.4) is 0 Å². The minimum absolute atomic E-state index is 0.130. The summed E-state index contributed by atoms with van der Waals surface area (Å²) in [6, 6.07) is 0.130. The van der Waals surface area contributed by atoms with Gasteiger partial charge in [-0.1, -0.05) is 20.8 Å². The molecule has 0 aliphatic rings. The molecule has 0 saturated carbocycles. The van der Waals surface area contributed by atoms with E-state index in [2.05, 4.69) is 20.8 Å². The summed E-state index contributed by atoms with van der Waals surface area (Å²) >= 11 is 0. The average Bonchev–Trinajstić information content (AvgIpc) is 1.84. The minimum Gasteiger partial charge on any atom is -0.377 e. The molecule has 0 amide bonds. The van der Waals surface area contributed by atoms with E-state index in [9.17, 15) is 0 Å². The SMILES string of the molecule is CC(OCCC(C)(C)C)[C@@H](C)N. The van der Waals surface area contributed by atoms with E-state index in [1.165, 1.54) is 0 Å². The molecule has 0 saturated heterocycles. The normalized spacial score (nSPS) is 17.5. The maximum absolute atomic E-state index is 5.66. The van der Waals surface area contributed by atoms with Gasteiger partial charge in [0.25, 0.3) is 0 Å². The van der Waals surface area contributed by atoms with Crippen LogP contribution < -0.4 is 5.73 Å². The van der Waals surface area contributed by atoms with Gasteiger partial charge in [-0.2, -0.15) is 0 Å². The van der Waals surface area contributed by atoms with Crippen LogP contribution in [0.5, 0.6) is 0 Å². The quantitative estimate of drug-likeness (QED) is 0.707. The van der Waals surface area contributed by atoms with Gasteiger partial charge in [0.1, 0.15) is 0 Å². The molecule has 0 aliphatic carbocycles. The van der Waals surface area contributed by atoms with Crippen molar-refractivity contribution in [2.24, 2.45) is 11.1 Å². The lowest BCUT2D eigenvalue weighted by atomic mass is 9.93. The first-order valence-electron chi connectivity index (χ1n) is 4.70. The topological polar surface area (TPSA) is 35.2 Å². The molecule has 12 heavy (non-hydrogen) atoms. The number of hydrogen-bond acceptors (Lipinski definition) is 2. The van der Waals surface area contributed by atoms with Crippen LogP contribution in [0.2, 0.25) is 0 Å². The van der Waals surface area contributed by atoms with Gasteiger partial charge in [-0.25, -0.2) is 0 Å². The van der Waals surface area contributed by atoms with Gasteiger partial charge < -0.3 is 10.5 Å². The van der Waals surface area contributed by atoms with E-state index >= 15 is 0 Å². The smallest absolute Gasteiger partial charge is 0.0695 e. The largest absolute Gasteiger partial charge is 0.377 e. The molecule has 0 aromatic heterocycles. The third-order valence-electron chi connectivity index (χ3n) is 1.97. The third kappa shape index (κ3) is 6.62. The van der Waals surface area contributed by atoms with E-state index < -0.39 is 0 Å². The molecule has 0 rings (SSSR count). The van der Waals surface area contributed by atoms with E-state index in [1.54, 1.807) is 0 Å². The molecule has 0 bridgehead atoms. The predicted octanol–water partition coefficient (Wildman–Crippen LogP) is 2.17. The molecule has 2 nitrogen and oxygen atoms in total. The molecule has 0 spiro atoms. The second-order valence-corrected chi connectivity index (χ2v) is 4.75. The van der Waals surface area contributed by atoms with Gasteiger partial charge in [-0.3, -0.25) is 0 Å². The van der Waals surface area contributed by atoms with Gasteiger partial charge in [0, 0.05) is 12.6 Å². The van der Waals surface area contributed by atoms with Crippen LogP contribution in [0.1, 0.15) is 41.0 Å². The summed E-state index contributed by atoms with van der Waals surface area (Å²) in [5.41, 5.74) is 6.02. The van der Waals surface area contributed by atoms with Crippen molar-refractivity contribution in [3.05, 3.63) is 0 Å². The van der Waals surface area contributed by atoms with Crippen molar-refractivity contribution in [3.8, 4) is 0 Å². The Balaban J connectivity index is 3.44. The average molecular weight is 173 g/mol. The molecule has 2 N–H and O–H groups in total. The molecule has 1 unspecified atom stereocenters. The Morgan fingerprint density at radius 2 is 1.75 bits per heavy atom. The first-order chi connectivity index (χ1) is 5.33. The zero-order chi connectivity index (χ0) is 9.78. The Bertz CT molecular complexity index is 115. The fourth-order valence-corrected chi connectivity index (χ4v) is 0.703. The molecule has 0 aromatic rings. The molecule has 74 valence electrons. The second-order valence-electron chi connectivity index (χ2n) is 4.75. The van der Waals surface area contributed by atoms with Crippen LogP contribution in [0.25, 0.3) is 0 Å². The highest BCUT2D eigenvalue weighted by molar-refractivity contribution is 4.64.